The molecule has 0 unspecified atom stereocenters. The topological polar surface area (TPSA) is 84.0 Å². The van der Waals surface area contributed by atoms with Crippen molar-refractivity contribution in [3.63, 3.8) is 0 Å². The van der Waals surface area contributed by atoms with Gasteiger partial charge in [-0.1, -0.05) is 6.07 Å². The molecule has 0 bridgehead atoms. The van der Waals surface area contributed by atoms with Crippen LogP contribution in [0.1, 0.15) is 15.9 Å². The average Bonchev–Trinajstić information content (AvgIpc) is 3.20. The van der Waals surface area contributed by atoms with Crippen molar-refractivity contribution >= 4 is 18.0 Å². The number of amides is 2. The molecule has 8 nitrogen and oxygen atoms in total. The molecule has 0 aliphatic carbocycles. The van der Waals surface area contributed by atoms with Crippen LogP contribution in [0.4, 0.5) is 5.69 Å². The summed E-state index contributed by atoms with van der Waals surface area (Å²) in [4.78, 5) is 31.1. The van der Waals surface area contributed by atoms with Crippen LogP contribution >= 0.6 is 0 Å². The summed E-state index contributed by atoms with van der Waals surface area (Å²) >= 11 is 0. The molecule has 3 heterocycles. The third-order valence-electron chi connectivity index (χ3n) is 4.67. The maximum Gasteiger partial charge on any atom is 0.255 e. The third-order valence-corrected chi connectivity index (χ3v) is 4.67. The summed E-state index contributed by atoms with van der Waals surface area (Å²) in [7, 11) is 0. The number of ether oxygens (including phenoxy) is 2. The number of benzene rings is 1. The fourth-order valence-corrected chi connectivity index (χ4v) is 3.12. The van der Waals surface area contributed by atoms with Crippen molar-refractivity contribution in [3.8, 4) is 11.5 Å². The summed E-state index contributed by atoms with van der Waals surface area (Å²) in [5.41, 5.74) is 2.34. The molecule has 140 valence electrons. The number of piperazine rings is 1. The fourth-order valence-electron chi connectivity index (χ4n) is 3.12. The Balaban J connectivity index is 1.39. The molecule has 2 aliphatic heterocycles. The molecule has 0 radical (unpaired) electrons. The van der Waals surface area contributed by atoms with Crippen molar-refractivity contribution in [3.05, 3.63) is 47.8 Å². The molecule has 2 aliphatic rings. The molecular weight excluding hydrogens is 348 g/mol. The summed E-state index contributed by atoms with van der Waals surface area (Å²) in [6.45, 7) is 3.02. The SMILES string of the molecule is O=CN1CCN(C(=O)c2cncc(NCc3ccc4c(c3)OCO4)c2)CC1. The fraction of sp³-hybridized carbons (Fsp3) is 0.316. The van der Waals surface area contributed by atoms with E-state index in [4.69, 9.17) is 9.47 Å². The van der Waals surface area contributed by atoms with E-state index in [1.807, 2.05) is 18.2 Å². The summed E-state index contributed by atoms with van der Waals surface area (Å²) < 4.78 is 10.7. The second-order valence-corrected chi connectivity index (χ2v) is 6.44. The molecule has 2 amide bonds. The Hall–Kier alpha value is -3.29. The zero-order valence-corrected chi connectivity index (χ0v) is 14.8. The standard InChI is InChI=1S/C19H20N4O4/c24-12-22-3-5-23(6-4-22)19(25)15-8-16(11-20-10-15)21-9-14-1-2-17-18(7-14)27-13-26-17/h1-2,7-8,10-12,21H,3-6,9,13H2. The van der Waals surface area contributed by atoms with E-state index in [1.54, 1.807) is 28.3 Å². The van der Waals surface area contributed by atoms with E-state index in [-0.39, 0.29) is 12.7 Å². The Morgan fingerprint density at radius 1 is 1.11 bits per heavy atom. The number of aromatic nitrogens is 1. The van der Waals surface area contributed by atoms with Gasteiger partial charge in [0.1, 0.15) is 0 Å². The van der Waals surface area contributed by atoms with Crippen LogP contribution in [-0.2, 0) is 11.3 Å². The van der Waals surface area contributed by atoms with Gasteiger partial charge in [-0.2, -0.15) is 0 Å². The zero-order valence-electron chi connectivity index (χ0n) is 14.8. The van der Waals surface area contributed by atoms with Crippen molar-refractivity contribution in [1.29, 1.82) is 0 Å². The van der Waals surface area contributed by atoms with Gasteiger partial charge in [0.05, 0.1) is 11.3 Å². The Labute approximate surface area is 156 Å². The minimum absolute atomic E-state index is 0.0696. The van der Waals surface area contributed by atoms with Gasteiger partial charge in [-0.25, -0.2) is 0 Å². The molecule has 1 aromatic carbocycles. The maximum absolute atomic E-state index is 12.7. The predicted octanol–water partition coefficient (Wildman–Crippen LogP) is 1.34. The van der Waals surface area contributed by atoms with Gasteiger partial charge in [-0.05, 0) is 23.8 Å². The molecule has 1 aromatic heterocycles. The van der Waals surface area contributed by atoms with Crippen molar-refractivity contribution in [1.82, 2.24) is 14.8 Å². The second kappa shape index (κ2) is 7.53. The molecule has 1 saturated heterocycles. The van der Waals surface area contributed by atoms with Gasteiger partial charge in [0.25, 0.3) is 5.91 Å². The van der Waals surface area contributed by atoms with Gasteiger partial charge in [-0.3, -0.25) is 14.6 Å². The first-order valence-electron chi connectivity index (χ1n) is 8.79. The van der Waals surface area contributed by atoms with E-state index in [9.17, 15) is 9.59 Å². The highest BCUT2D eigenvalue weighted by molar-refractivity contribution is 5.94. The van der Waals surface area contributed by atoms with E-state index in [0.29, 0.717) is 38.3 Å². The quantitative estimate of drug-likeness (QED) is 0.802. The molecule has 0 saturated carbocycles. The second-order valence-electron chi connectivity index (χ2n) is 6.44. The number of hydrogen-bond acceptors (Lipinski definition) is 6. The molecular formula is C19H20N4O4. The molecule has 0 atom stereocenters. The summed E-state index contributed by atoms with van der Waals surface area (Å²) in [5.74, 6) is 1.42. The van der Waals surface area contributed by atoms with E-state index < -0.39 is 0 Å². The lowest BCUT2D eigenvalue weighted by Gasteiger charge is -2.32. The third kappa shape index (κ3) is 3.79. The number of nitrogens with one attached hydrogen (secondary N) is 1. The smallest absolute Gasteiger partial charge is 0.255 e. The van der Waals surface area contributed by atoms with Crippen LogP contribution in [0.5, 0.6) is 11.5 Å². The summed E-state index contributed by atoms with van der Waals surface area (Å²) in [6.07, 6.45) is 4.08. The number of carbonyl (C=O) groups excluding carboxylic acids is 2. The van der Waals surface area contributed by atoms with Crippen LogP contribution in [-0.4, -0.2) is 60.1 Å². The number of nitrogens with zero attached hydrogens (tertiary/aromatic N) is 3. The highest BCUT2D eigenvalue weighted by Crippen LogP contribution is 2.32. The van der Waals surface area contributed by atoms with Gasteiger partial charge in [0, 0.05) is 45.1 Å². The number of carbonyl (C=O) groups is 2. The molecule has 27 heavy (non-hydrogen) atoms. The first kappa shape index (κ1) is 17.1. The zero-order chi connectivity index (χ0) is 18.6. The number of fused-ring (bicyclic) bond motifs is 1. The maximum atomic E-state index is 12.7. The van der Waals surface area contributed by atoms with Gasteiger partial charge < -0.3 is 24.6 Å². The van der Waals surface area contributed by atoms with Crippen molar-refractivity contribution < 1.29 is 19.1 Å². The first-order valence-corrected chi connectivity index (χ1v) is 8.79. The van der Waals surface area contributed by atoms with E-state index >= 15 is 0 Å². The van der Waals surface area contributed by atoms with E-state index in [1.165, 1.54) is 0 Å². The molecule has 1 fully saturated rings. The number of pyridine rings is 1. The lowest BCUT2D eigenvalue weighted by atomic mass is 10.2. The Kier molecular flexibility index (Phi) is 4.78. The highest BCUT2D eigenvalue weighted by Gasteiger charge is 2.21. The number of hydrogen-bond donors (Lipinski definition) is 1. The molecule has 8 heteroatoms. The summed E-state index contributed by atoms with van der Waals surface area (Å²) in [6, 6.07) is 7.59. The van der Waals surface area contributed by atoms with Crippen LogP contribution in [0.3, 0.4) is 0 Å². The van der Waals surface area contributed by atoms with E-state index in [0.717, 1.165) is 29.2 Å². The first-order chi connectivity index (χ1) is 13.2. The van der Waals surface area contributed by atoms with Gasteiger partial charge in [-0.15, -0.1) is 0 Å². The van der Waals surface area contributed by atoms with Crippen LogP contribution < -0.4 is 14.8 Å². The van der Waals surface area contributed by atoms with Crippen molar-refractivity contribution in [2.45, 2.75) is 6.54 Å². The van der Waals surface area contributed by atoms with Gasteiger partial charge in [0.2, 0.25) is 13.2 Å². The molecule has 0 spiro atoms. The normalized spacial score (nSPS) is 15.6. The monoisotopic (exact) mass is 368 g/mol. The number of anilines is 1. The predicted molar refractivity (Wildman–Crippen MR) is 97.7 cm³/mol. The summed E-state index contributed by atoms with van der Waals surface area (Å²) in [5, 5.41) is 3.28. The van der Waals surface area contributed by atoms with Crippen molar-refractivity contribution in [2.24, 2.45) is 0 Å². The van der Waals surface area contributed by atoms with Gasteiger partial charge >= 0.3 is 0 Å². The largest absolute Gasteiger partial charge is 0.454 e. The average molecular weight is 368 g/mol. The lowest BCUT2D eigenvalue weighted by molar-refractivity contribution is -0.119. The molecule has 2 aromatic rings. The van der Waals surface area contributed by atoms with Crippen molar-refractivity contribution in [2.75, 3.05) is 38.3 Å². The molecule has 4 rings (SSSR count). The lowest BCUT2D eigenvalue weighted by Crippen LogP contribution is -2.48. The minimum atomic E-state index is -0.0696. The Morgan fingerprint density at radius 2 is 1.93 bits per heavy atom. The van der Waals surface area contributed by atoms with Crippen LogP contribution in [0, 0.1) is 0 Å². The van der Waals surface area contributed by atoms with Crippen LogP contribution in [0.25, 0.3) is 0 Å². The Morgan fingerprint density at radius 3 is 2.74 bits per heavy atom. The van der Waals surface area contributed by atoms with Crippen LogP contribution in [0.15, 0.2) is 36.7 Å². The Bertz CT molecular complexity index is 849. The highest BCUT2D eigenvalue weighted by atomic mass is 16.7. The van der Waals surface area contributed by atoms with Gasteiger partial charge in [0.15, 0.2) is 11.5 Å². The minimum Gasteiger partial charge on any atom is -0.454 e. The molecule has 1 N–H and O–H groups in total. The number of rotatable bonds is 5. The van der Waals surface area contributed by atoms with E-state index in [2.05, 4.69) is 10.3 Å². The van der Waals surface area contributed by atoms with Crippen LogP contribution in [0.2, 0.25) is 0 Å².